The maximum Gasteiger partial charge on any atom is 0.237 e. The average molecular weight is 209 g/mol. The molecule has 12 heavy (non-hydrogen) atoms. The zero-order valence-corrected chi connectivity index (χ0v) is 7.51. The molecule has 1 N–H and O–H groups in total. The first-order valence-electron chi connectivity index (χ1n) is 3.15. The van der Waals surface area contributed by atoms with Gasteiger partial charge >= 0.3 is 0 Å². The van der Waals surface area contributed by atoms with Crippen molar-refractivity contribution in [3.63, 3.8) is 0 Å². The lowest BCUT2D eigenvalue weighted by atomic mass is 10.6. The Labute approximate surface area is 79.1 Å². The Morgan fingerprint density at radius 1 is 1.50 bits per heavy atom. The lowest BCUT2D eigenvalue weighted by Crippen LogP contribution is -2.03. The van der Waals surface area contributed by atoms with E-state index in [1.807, 2.05) is 0 Å². The summed E-state index contributed by atoms with van der Waals surface area (Å²) in [6.45, 7) is 0.0328. The van der Waals surface area contributed by atoms with Crippen molar-refractivity contribution in [2.75, 3.05) is 13.2 Å². The highest BCUT2D eigenvalue weighted by molar-refractivity contribution is 6.32. The van der Waals surface area contributed by atoms with E-state index in [2.05, 4.69) is 9.97 Å². The molecule has 0 aromatic carbocycles. The van der Waals surface area contributed by atoms with E-state index in [-0.39, 0.29) is 29.4 Å². The van der Waals surface area contributed by atoms with Crippen molar-refractivity contribution < 1.29 is 9.84 Å². The average Bonchev–Trinajstić information content (AvgIpc) is 2.07. The molecule has 0 unspecified atom stereocenters. The van der Waals surface area contributed by atoms with Gasteiger partial charge in [-0.1, -0.05) is 11.6 Å². The molecule has 6 heteroatoms. The van der Waals surface area contributed by atoms with E-state index in [0.29, 0.717) is 0 Å². The van der Waals surface area contributed by atoms with Gasteiger partial charge in [0, 0.05) is 0 Å². The summed E-state index contributed by atoms with van der Waals surface area (Å²) in [5, 5.41) is 8.78. The molecule has 0 amide bonds. The third kappa shape index (κ3) is 2.48. The zero-order chi connectivity index (χ0) is 8.97. The Balaban J connectivity index is 2.75. The molecular formula is C6H6Cl2N2O2. The van der Waals surface area contributed by atoms with E-state index >= 15 is 0 Å². The second kappa shape index (κ2) is 4.45. The molecule has 0 aliphatic rings. The number of hydrogen-bond donors (Lipinski definition) is 1. The van der Waals surface area contributed by atoms with E-state index in [1.165, 1.54) is 6.20 Å². The van der Waals surface area contributed by atoms with Gasteiger partial charge in [-0.25, -0.2) is 4.98 Å². The predicted molar refractivity (Wildman–Crippen MR) is 44.6 cm³/mol. The van der Waals surface area contributed by atoms with Crippen LogP contribution >= 0.6 is 23.2 Å². The molecule has 0 fully saturated rings. The van der Waals surface area contributed by atoms with Crippen LogP contribution in [0.1, 0.15) is 0 Å². The summed E-state index contributed by atoms with van der Waals surface area (Å²) in [7, 11) is 0. The molecule has 0 bridgehead atoms. The zero-order valence-electron chi connectivity index (χ0n) is 6.00. The molecule has 1 aromatic heterocycles. The van der Waals surface area contributed by atoms with Crippen molar-refractivity contribution in [3.8, 4) is 5.88 Å². The van der Waals surface area contributed by atoms with Crippen LogP contribution in [0.5, 0.6) is 5.88 Å². The first-order valence-corrected chi connectivity index (χ1v) is 3.91. The Hall–Kier alpha value is -0.580. The molecule has 0 saturated carbocycles. The minimum atomic E-state index is -0.0993. The van der Waals surface area contributed by atoms with Gasteiger partial charge in [0.25, 0.3) is 0 Å². The summed E-state index contributed by atoms with van der Waals surface area (Å²) in [4.78, 5) is 7.33. The first kappa shape index (κ1) is 9.51. The van der Waals surface area contributed by atoms with Gasteiger partial charge in [-0.15, -0.1) is 0 Å². The van der Waals surface area contributed by atoms with Gasteiger partial charge in [0.05, 0.1) is 12.8 Å². The minimum Gasteiger partial charge on any atom is -0.474 e. The fourth-order valence-electron chi connectivity index (χ4n) is 0.575. The fourth-order valence-corrected chi connectivity index (χ4v) is 0.846. The Morgan fingerprint density at radius 2 is 2.25 bits per heavy atom. The minimum absolute atomic E-state index is 0.0624. The van der Waals surface area contributed by atoms with Gasteiger partial charge in [-0.3, -0.25) is 0 Å². The predicted octanol–water partition coefficient (Wildman–Crippen LogP) is 1.15. The van der Waals surface area contributed by atoms with Crippen molar-refractivity contribution in [1.29, 1.82) is 0 Å². The van der Waals surface area contributed by atoms with Crippen molar-refractivity contribution in [2.24, 2.45) is 0 Å². The number of nitrogens with zero attached hydrogens (tertiary/aromatic N) is 2. The smallest absolute Gasteiger partial charge is 0.237 e. The largest absolute Gasteiger partial charge is 0.474 e. The quantitative estimate of drug-likeness (QED) is 0.758. The molecule has 1 rings (SSSR count). The van der Waals surface area contributed by atoms with Crippen LogP contribution in [0.25, 0.3) is 0 Å². The lowest BCUT2D eigenvalue weighted by Gasteiger charge is -2.03. The summed E-state index contributed by atoms with van der Waals surface area (Å²) in [5.74, 6) is 0.186. The van der Waals surface area contributed by atoms with Gasteiger partial charge in [0.1, 0.15) is 11.6 Å². The second-order valence-electron chi connectivity index (χ2n) is 1.86. The van der Waals surface area contributed by atoms with Crippen molar-refractivity contribution in [3.05, 3.63) is 16.5 Å². The number of rotatable bonds is 3. The summed E-state index contributed by atoms with van der Waals surface area (Å²) < 4.78 is 4.95. The maximum atomic E-state index is 8.44. The summed E-state index contributed by atoms with van der Waals surface area (Å²) in [6, 6.07) is 0. The van der Waals surface area contributed by atoms with Gasteiger partial charge in [-0.05, 0) is 11.6 Å². The molecule has 0 radical (unpaired) electrons. The van der Waals surface area contributed by atoms with E-state index in [0.717, 1.165) is 0 Å². The van der Waals surface area contributed by atoms with Crippen LogP contribution in [0.4, 0.5) is 0 Å². The van der Waals surface area contributed by atoms with Crippen LogP contribution in [0, 0.1) is 0 Å². The number of hydrogen-bond acceptors (Lipinski definition) is 4. The Morgan fingerprint density at radius 3 is 2.92 bits per heavy atom. The van der Waals surface area contributed by atoms with Crippen LogP contribution in [0.15, 0.2) is 6.20 Å². The van der Waals surface area contributed by atoms with Crippen LogP contribution in [0.3, 0.4) is 0 Å². The topological polar surface area (TPSA) is 55.2 Å². The van der Waals surface area contributed by atoms with E-state index in [9.17, 15) is 0 Å². The SMILES string of the molecule is OCCOc1nc(Cl)ncc1Cl. The molecule has 4 nitrogen and oxygen atoms in total. The first-order chi connectivity index (χ1) is 5.74. The second-order valence-corrected chi connectivity index (χ2v) is 2.61. The summed E-state index contributed by atoms with van der Waals surface area (Å²) >= 11 is 11.1. The number of halogens is 2. The third-order valence-electron chi connectivity index (χ3n) is 1.01. The van der Waals surface area contributed by atoms with Gasteiger partial charge in [0.15, 0.2) is 0 Å². The molecular weight excluding hydrogens is 203 g/mol. The van der Waals surface area contributed by atoms with Crippen molar-refractivity contribution in [1.82, 2.24) is 9.97 Å². The van der Waals surface area contributed by atoms with Crippen molar-refractivity contribution in [2.45, 2.75) is 0 Å². The molecule has 1 heterocycles. The Bertz CT molecular complexity index is 270. The normalized spacial score (nSPS) is 9.92. The van der Waals surface area contributed by atoms with Gasteiger partial charge in [0.2, 0.25) is 11.2 Å². The van der Waals surface area contributed by atoms with E-state index < -0.39 is 0 Å². The molecule has 0 atom stereocenters. The molecule has 0 saturated heterocycles. The summed E-state index contributed by atoms with van der Waals surface area (Å²) in [6.07, 6.45) is 1.34. The third-order valence-corrected chi connectivity index (χ3v) is 1.45. The summed E-state index contributed by atoms with van der Waals surface area (Å²) in [5.41, 5.74) is 0. The number of ether oxygens (including phenoxy) is 1. The van der Waals surface area contributed by atoms with Gasteiger partial charge < -0.3 is 9.84 Å². The highest BCUT2D eigenvalue weighted by Gasteiger charge is 2.04. The fraction of sp³-hybridized carbons (Fsp3) is 0.333. The molecule has 0 aliphatic carbocycles. The molecule has 66 valence electrons. The molecule has 0 spiro atoms. The highest BCUT2D eigenvalue weighted by atomic mass is 35.5. The van der Waals surface area contributed by atoms with Crippen molar-refractivity contribution >= 4 is 23.2 Å². The van der Waals surface area contributed by atoms with Crippen LogP contribution < -0.4 is 4.74 Å². The Kier molecular flexibility index (Phi) is 3.52. The number of aromatic nitrogens is 2. The standard InChI is InChI=1S/C6H6Cl2N2O2/c7-4-3-9-6(8)10-5(4)12-2-1-11/h3,11H,1-2H2. The molecule has 1 aromatic rings. The number of aliphatic hydroxyl groups excluding tert-OH is 1. The monoisotopic (exact) mass is 208 g/mol. The van der Waals surface area contributed by atoms with E-state index in [4.69, 9.17) is 33.0 Å². The number of aliphatic hydroxyl groups is 1. The van der Waals surface area contributed by atoms with Crippen LogP contribution in [-0.2, 0) is 0 Å². The lowest BCUT2D eigenvalue weighted by molar-refractivity contribution is 0.196. The molecule has 0 aliphatic heterocycles. The van der Waals surface area contributed by atoms with Gasteiger partial charge in [-0.2, -0.15) is 4.98 Å². The van der Waals surface area contributed by atoms with E-state index in [1.54, 1.807) is 0 Å². The van der Waals surface area contributed by atoms with Crippen LogP contribution in [-0.4, -0.2) is 28.3 Å². The van der Waals surface area contributed by atoms with Crippen LogP contribution in [0.2, 0.25) is 10.3 Å². The maximum absolute atomic E-state index is 8.44. The highest BCUT2D eigenvalue weighted by Crippen LogP contribution is 2.21.